The second-order valence-electron chi connectivity index (χ2n) is 10.2. The van der Waals surface area contributed by atoms with Crippen LogP contribution in [0.1, 0.15) is 143 Å². The molecule has 6 nitrogen and oxygen atoms in total. The molecule has 1 rings (SSSR count). The van der Waals surface area contributed by atoms with Gasteiger partial charge in [-0.15, -0.1) is 0 Å². The number of Topliss-reactive ketones (excluding diaryl/α,β-unsaturated/α-hetero) is 1. The predicted octanol–water partition coefficient (Wildman–Crippen LogP) is 7.74. The van der Waals surface area contributed by atoms with E-state index in [1.165, 1.54) is 52.1 Å². The molecule has 0 spiro atoms. The zero-order valence-electron chi connectivity index (χ0n) is 23.5. The second kappa shape index (κ2) is 19.1. The van der Waals surface area contributed by atoms with Crippen molar-refractivity contribution < 1.29 is 24.2 Å². The molecule has 36 heavy (non-hydrogen) atoms. The molecule has 6 heteroatoms. The van der Waals surface area contributed by atoms with E-state index in [-0.39, 0.29) is 18.2 Å². The number of hydrogen-bond donors (Lipinski definition) is 1. The average molecular weight is 506 g/mol. The summed E-state index contributed by atoms with van der Waals surface area (Å²) in [5, 5.41) is 8.77. The van der Waals surface area contributed by atoms with Crippen molar-refractivity contribution in [1.82, 2.24) is 4.57 Å². The van der Waals surface area contributed by atoms with Crippen LogP contribution in [0.15, 0.2) is 0 Å². The van der Waals surface area contributed by atoms with Crippen molar-refractivity contribution in [1.29, 1.82) is 0 Å². The van der Waals surface area contributed by atoms with Gasteiger partial charge in [0.1, 0.15) is 0 Å². The van der Waals surface area contributed by atoms with Crippen molar-refractivity contribution in [3.8, 4) is 0 Å². The topological polar surface area (TPSA) is 85.6 Å². The molecule has 0 saturated carbocycles. The van der Waals surface area contributed by atoms with Gasteiger partial charge in [0.2, 0.25) is 0 Å². The van der Waals surface area contributed by atoms with E-state index in [0.29, 0.717) is 19.3 Å². The Morgan fingerprint density at radius 3 is 1.83 bits per heavy atom. The van der Waals surface area contributed by atoms with Gasteiger partial charge >= 0.3 is 11.9 Å². The molecule has 0 aliphatic heterocycles. The Hall–Kier alpha value is -2.11. The van der Waals surface area contributed by atoms with E-state index in [0.717, 1.165) is 74.0 Å². The molecule has 0 fully saturated rings. The minimum absolute atomic E-state index is 0.222. The Morgan fingerprint density at radius 2 is 1.28 bits per heavy atom. The fourth-order valence-electron chi connectivity index (χ4n) is 5.11. The fourth-order valence-corrected chi connectivity index (χ4v) is 5.11. The fraction of sp³-hybridized carbons (Fsp3) is 0.767. The molecule has 206 valence electrons. The van der Waals surface area contributed by atoms with E-state index in [4.69, 9.17) is 9.84 Å². The zero-order valence-corrected chi connectivity index (χ0v) is 23.5. The van der Waals surface area contributed by atoms with Gasteiger partial charge in [-0.3, -0.25) is 14.4 Å². The van der Waals surface area contributed by atoms with Crippen LogP contribution in [0.4, 0.5) is 0 Å². The summed E-state index contributed by atoms with van der Waals surface area (Å²) in [7, 11) is 1.41. The van der Waals surface area contributed by atoms with Gasteiger partial charge in [-0.25, -0.2) is 0 Å². The van der Waals surface area contributed by atoms with Crippen LogP contribution in [0.5, 0.6) is 0 Å². The molecule has 1 aromatic rings. The van der Waals surface area contributed by atoms with Gasteiger partial charge in [-0.1, -0.05) is 77.6 Å². The number of esters is 1. The lowest BCUT2D eigenvalue weighted by atomic mass is 9.99. The van der Waals surface area contributed by atoms with Crippen LogP contribution in [0.2, 0.25) is 0 Å². The smallest absolute Gasteiger partial charge is 0.305 e. The number of ether oxygens (including phenoxy) is 1. The number of unbranched alkanes of at least 4 members (excludes halogenated alkanes) is 12. The molecule has 0 atom stereocenters. The minimum atomic E-state index is -0.733. The first-order valence-electron chi connectivity index (χ1n) is 14.3. The summed E-state index contributed by atoms with van der Waals surface area (Å²) in [4.78, 5) is 35.7. The van der Waals surface area contributed by atoms with Crippen molar-refractivity contribution in [2.24, 2.45) is 0 Å². The van der Waals surface area contributed by atoms with Crippen LogP contribution in [-0.4, -0.2) is 34.5 Å². The molecule has 1 heterocycles. The van der Waals surface area contributed by atoms with Gasteiger partial charge in [0.05, 0.1) is 13.5 Å². The van der Waals surface area contributed by atoms with Crippen molar-refractivity contribution >= 4 is 17.7 Å². The summed E-state index contributed by atoms with van der Waals surface area (Å²) in [5.41, 5.74) is 3.94. The lowest BCUT2D eigenvalue weighted by Crippen LogP contribution is -2.09. The highest BCUT2D eigenvalue weighted by Crippen LogP contribution is 2.27. The van der Waals surface area contributed by atoms with Gasteiger partial charge in [0.25, 0.3) is 0 Å². The molecule has 0 aliphatic rings. The van der Waals surface area contributed by atoms with Crippen LogP contribution in [-0.2, 0) is 27.3 Å². The number of carboxylic acid groups (broad SMARTS) is 1. The number of aromatic nitrogens is 1. The number of carboxylic acids is 1. The van der Waals surface area contributed by atoms with E-state index < -0.39 is 5.97 Å². The average Bonchev–Trinajstić information content (AvgIpc) is 3.08. The predicted molar refractivity (Wildman–Crippen MR) is 146 cm³/mol. The first kappa shape index (κ1) is 31.9. The Kier molecular flexibility index (Phi) is 16.9. The van der Waals surface area contributed by atoms with Crippen LogP contribution >= 0.6 is 0 Å². The van der Waals surface area contributed by atoms with Crippen LogP contribution in [0.25, 0.3) is 0 Å². The molecule has 1 N–H and O–H groups in total. The van der Waals surface area contributed by atoms with Crippen LogP contribution < -0.4 is 0 Å². The molecular formula is C30H51NO5. The van der Waals surface area contributed by atoms with E-state index in [2.05, 4.69) is 11.5 Å². The normalized spacial score (nSPS) is 11.1. The maximum atomic E-state index is 13.2. The largest absolute Gasteiger partial charge is 0.481 e. The number of rotatable bonds is 22. The lowest BCUT2D eigenvalue weighted by molar-refractivity contribution is -0.140. The minimum Gasteiger partial charge on any atom is -0.481 e. The summed E-state index contributed by atoms with van der Waals surface area (Å²) in [6.45, 7) is 7.11. The quantitative estimate of drug-likeness (QED) is 0.0989. The highest BCUT2D eigenvalue weighted by molar-refractivity contribution is 5.99. The summed E-state index contributed by atoms with van der Waals surface area (Å²) >= 11 is 0. The standard InChI is InChI=1S/C30H51NO5/c1-5-6-7-8-9-10-11-13-16-19-27(32)30-24(2)26(21-22-29(35)36-4)31(25(30)3)23-18-15-12-14-17-20-28(33)34/h5-23H2,1-4H3,(H,33,34). The number of aliphatic carboxylic acids is 1. The Bertz CT molecular complexity index is 796. The SMILES string of the molecule is CCCCCCCCCCCC(=O)c1c(C)c(CCC(=O)OC)n(CCCCCCCC(=O)O)c1C. The van der Waals surface area contributed by atoms with Gasteiger partial charge in [0, 0.05) is 36.3 Å². The highest BCUT2D eigenvalue weighted by atomic mass is 16.5. The lowest BCUT2D eigenvalue weighted by Gasteiger charge is -2.12. The van der Waals surface area contributed by atoms with Gasteiger partial charge < -0.3 is 14.4 Å². The van der Waals surface area contributed by atoms with E-state index in [9.17, 15) is 14.4 Å². The van der Waals surface area contributed by atoms with Crippen molar-refractivity contribution in [3.05, 3.63) is 22.5 Å². The summed E-state index contributed by atoms with van der Waals surface area (Å²) in [6, 6.07) is 0. The number of methoxy groups -OCH3 is 1. The summed E-state index contributed by atoms with van der Waals surface area (Å²) in [6.07, 6.45) is 17.4. The Labute approximate surface area is 219 Å². The third kappa shape index (κ3) is 12.2. The Balaban J connectivity index is 2.67. The molecule has 0 unspecified atom stereocenters. The van der Waals surface area contributed by atoms with Gasteiger partial charge in [-0.05, 0) is 45.1 Å². The number of carbonyl (C=O) groups is 3. The van der Waals surface area contributed by atoms with Crippen LogP contribution in [0.3, 0.4) is 0 Å². The van der Waals surface area contributed by atoms with E-state index in [1.807, 2.05) is 13.8 Å². The molecule has 0 saturated heterocycles. The molecular weight excluding hydrogens is 454 g/mol. The van der Waals surface area contributed by atoms with Crippen molar-refractivity contribution in [3.63, 3.8) is 0 Å². The second-order valence-corrected chi connectivity index (χ2v) is 10.2. The maximum absolute atomic E-state index is 13.2. The van der Waals surface area contributed by atoms with E-state index >= 15 is 0 Å². The number of hydrogen-bond acceptors (Lipinski definition) is 4. The Morgan fingerprint density at radius 1 is 0.750 bits per heavy atom. The number of ketones is 1. The van der Waals surface area contributed by atoms with Crippen molar-refractivity contribution in [2.75, 3.05) is 7.11 Å². The molecule has 0 bridgehead atoms. The zero-order chi connectivity index (χ0) is 26.8. The first-order chi connectivity index (χ1) is 17.3. The summed E-state index contributed by atoms with van der Waals surface area (Å²) < 4.78 is 7.08. The van der Waals surface area contributed by atoms with Gasteiger partial charge in [-0.2, -0.15) is 0 Å². The first-order valence-corrected chi connectivity index (χ1v) is 14.3. The monoisotopic (exact) mass is 505 g/mol. The number of nitrogens with zero attached hydrogens (tertiary/aromatic N) is 1. The molecule has 0 aromatic carbocycles. The maximum Gasteiger partial charge on any atom is 0.305 e. The molecule has 0 aliphatic carbocycles. The van der Waals surface area contributed by atoms with Crippen molar-refractivity contribution in [2.45, 2.75) is 143 Å². The van der Waals surface area contributed by atoms with Crippen LogP contribution in [0, 0.1) is 13.8 Å². The molecule has 0 amide bonds. The molecule has 1 aromatic heterocycles. The van der Waals surface area contributed by atoms with Gasteiger partial charge in [0.15, 0.2) is 5.78 Å². The third-order valence-corrected chi connectivity index (χ3v) is 7.25. The summed E-state index contributed by atoms with van der Waals surface area (Å²) in [5.74, 6) is -0.746. The third-order valence-electron chi connectivity index (χ3n) is 7.25. The molecule has 0 radical (unpaired) electrons. The number of carbonyl (C=O) groups excluding carboxylic acids is 2. The van der Waals surface area contributed by atoms with E-state index in [1.54, 1.807) is 0 Å². The highest BCUT2D eigenvalue weighted by Gasteiger charge is 2.22.